The Balaban J connectivity index is 2.29. The summed E-state index contributed by atoms with van der Waals surface area (Å²) >= 11 is 3.51. The van der Waals surface area contributed by atoms with Crippen LogP contribution in [0, 0.1) is 0 Å². The fraction of sp³-hybridized carbons (Fsp3) is 0.758. The first kappa shape index (κ1) is 35.0. The minimum atomic E-state index is -0.362. The van der Waals surface area contributed by atoms with Gasteiger partial charge in [0.05, 0.1) is 0 Å². The molecule has 2 rings (SSSR count). The number of aliphatic imine (C=N–C) groups is 2. The molecule has 0 saturated heterocycles. The first-order valence-corrected chi connectivity index (χ1v) is 17.7. The van der Waals surface area contributed by atoms with Crippen LogP contribution >= 0.6 is 23.5 Å². The first-order valence-electron chi connectivity index (χ1n) is 15.7. The second kappa shape index (κ2) is 17.1. The Hall–Kier alpha value is -1.18. The quantitative estimate of drug-likeness (QED) is 0.157. The Morgan fingerprint density at radius 3 is 1.68 bits per heavy atom. The summed E-state index contributed by atoms with van der Waals surface area (Å²) in [6.45, 7) is 17.4. The average Bonchev–Trinajstić information content (AvgIpc) is 2.88. The van der Waals surface area contributed by atoms with Gasteiger partial charge in [0.25, 0.3) is 0 Å². The number of rotatable bonds is 15. The zero-order valence-electron chi connectivity index (χ0n) is 26.8. The van der Waals surface area contributed by atoms with E-state index in [2.05, 4.69) is 67.5 Å². The number of hydrogen-bond donors (Lipinski definition) is 2. The van der Waals surface area contributed by atoms with E-state index in [1.54, 1.807) is 28.5 Å². The maximum atomic E-state index is 11.3. The van der Waals surface area contributed by atoms with Crippen molar-refractivity contribution in [1.82, 2.24) is 5.01 Å². The summed E-state index contributed by atoms with van der Waals surface area (Å²) in [5, 5.41) is 14.7. The van der Waals surface area contributed by atoms with Crippen molar-refractivity contribution < 1.29 is 5.11 Å². The van der Waals surface area contributed by atoms with Gasteiger partial charge in [-0.05, 0) is 52.5 Å². The molecule has 1 aliphatic rings. The van der Waals surface area contributed by atoms with Crippen molar-refractivity contribution in [3.8, 4) is 5.75 Å². The smallest absolute Gasteiger partial charge is 0.187 e. The Labute approximate surface area is 254 Å². The molecule has 1 aliphatic heterocycles. The highest BCUT2D eigenvalue weighted by atomic mass is 32.2. The highest BCUT2D eigenvalue weighted by Crippen LogP contribution is 2.42. The van der Waals surface area contributed by atoms with Gasteiger partial charge >= 0.3 is 0 Å². The molecular weight excluding hydrogens is 533 g/mol. The fourth-order valence-electron chi connectivity index (χ4n) is 4.89. The molecule has 0 spiro atoms. The summed E-state index contributed by atoms with van der Waals surface area (Å²) in [6, 6.07) is 4.21. The summed E-state index contributed by atoms with van der Waals surface area (Å²) in [5.74, 6) is 9.20. The highest BCUT2D eigenvalue weighted by Gasteiger charge is 2.32. The zero-order chi connectivity index (χ0) is 29.8. The highest BCUT2D eigenvalue weighted by molar-refractivity contribution is 8.15. The third kappa shape index (κ3) is 11.2. The van der Waals surface area contributed by atoms with Crippen molar-refractivity contribution in [3.05, 3.63) is 28.8 Å². The molecule has 5 nitrogen and oxygen atoms in total. The number of hydrazine groups is 1. The van der Waals surface area contributed by atoms with E-state index in [1.807, 2.05) is 0 Å². The molecule has 0 aliphatic carbocycles. The normalized spacial score (nSPS) is 16.3. The lowest BCUT2D eigenvalue weighted by Crippen LogP contribution is -2.41. The molecule has 40 heavy (non-hydrogen) atoms. The zero-order valence-corrected chi connectivity index (χ0v) is 28.4. The third-order valence-corrected chi connectivity index (χ3v) is 9.41. The van der Waals surface area contributed by atoms with Gasteiger partial charge in [-0.25, -0.2) is 10.8 Å². The summed E-state index contributed by atoms with van der Waals surface area (Å²) in [6.07, 6.45) is 15.0. The van der Waals surface area contributed by atoms with Crippen LogP contribution in [0.5, 0.6) is 5.75 Å². The SMILES string of the molecule is CCCCCCCCSC1=NC(c2cc(C(C)(C)C)c(O)c(C(C)(C)C)c2)N(N)C(SCCCCCCCC)=N1. The minimum Gasteiger partial charge on any atom is -0.507 e. The van der Waals surface area contributed by atoms with Gasteiger partial charge in [-0.15, -0.1) is 0 Å². The predicted molar refractivity (Wildman–Crippen MR) is 181 cm³/mol. The van der Waals surface area contributed by atoms with Crippen LogP contribution in [-0.2, 0) is 10.8 Å². The summed E-state index contributed by atoms with van der Waals surface area (Å²) < 4.78 is 0. The number of unbranched alkanes of at least 4 members (excludes halogenated alkanes) is 10. The van der Waals surface area contributed by atoms with E-state index in [0.29, 0.717) is 5.75 Å². The molecule has 0 aromatic heterocycles. The van der Waals surface area contributed by atoms with Crippen LogP contribution < -0.4 is 5.84 Å². The lowest BCUT2D eigenvalue weighted by molar-refractivity contribution is 0.337. The summed E-state index contributed by atoms with van der Waals surface area (Å²) in [4.78, 5) is 10.0. The number of benzene rings is 1. The molecule has 1 atom stereocenters. The van der Waals surface area contributed by atoms with E-state index in [4.69, 9.17) is 15.8 Å². The molecule has 0 bridgehead atoms. The number of phenolic OH excluding ortho intramolecular Hbond substituents is 1. The molecule has 3 N–H and O–H groups in total. The van der Waals surface area contributed by atoms with E-state index >= 15 is 0 Å². The van der Waals surface area contributed by atoms with Crippen LogP contribution in [0.4, 0.5) is 0 Å². The topological polar surface area (TPSA) is 74.2 Å². The molecule has 1 unspecified atom stereocenters. The number of hydrogen-bond acceptors (Lipinski definition) is 7. The molecule has 7 heteroatoms. The number of phenols is 1. The molecule has 228 valence electrons. The summed E-state index contributed by atoms with van der Waals surface area (Å²) in [7, 11) is 0. The Morgan fingerprint density at radius 1 is 0.750 bits per heavy atom. The van der Waals surface area contributed by atoms with Gasteiger partial charge in [0.15, 0.2) is 16.5 Å². The number of nitrogens with zero attached hydrogens (tertiary/aromatic N) is 3. The van der Waals surface area contributed by atoms with Crippen LogP contribution in [0.15, 0.2) is 22.1 Å². The molecule has 0 radical (unpaired) electrons. The summed E-state index contributed by atoms with van der Waals surface area (Å²) in [5.41, 5.74) is 2.46. The Kier molecular flexibility index (Phi) is 14.9. The number of thioether (sulfide) groups is 2. The van der Waals surface area contributed by atoms with Crippen molar-refractivity contribution in [1.29, 1.82) is 0 Å². The molecule has 0 fully saturated rings. The maximum Gasteiger partial charge on any atom is 0.187 e. The van der Waals surface area contributed by atoms with Crippen molar-refractivity contribution in [2.75, 3.05) is 11.5 Å². The van der Waals surface area contributed by atoms with E-state index in [1.165, 1.54) is 77.0 Å². The van der Waals surface area contributed by atoms with Crippen molar-refractivity contribution in [2.45, 2.75) is 149 Å². The van der Waals surface area contributed by atoms with E-state index in [-0.39, 0.29) is 17.0 Å². The van der Waals surface area contributed by atoms with Crippen LogP contribution in [0.25, 0.3) is 0 Å². The minimum absolute atomic E-state index is 0.212. The molecular formula is C33H58N4OS2. The van der Waals surface area contributed by atoms with Crippen LogP contribution in [-0.4, -0.2) is 32.0 Å². The van der Waals surface area contributed by atoms with E-state index in [9.17, 15) is 5.11 Å². The molecule has 1 aromatic rings. The van der Waals surface area contributed by atoms with Gasteiger partial charge in [0.2, 0.25) is 0 Å². The second-order valence-corrected chi connectivity index (χ2v) is 15.4. The predicted octanol–water partition coefficient (Wildman–Crippen LogP) is 10.1. The molecule has 1 heterocycles. The monoisotopic (exact) mass is 590 g/mol. The van der Waals surface area contributed by atoms with Crippen LogP contribution in [0.1, 0.15) is 155 Å². The van der Waals surface area contributed by atoms with Gasteiger partial charge in [-0.1, -0.05) is 143 Å². The van der Waals surface area contributed by atoms with Crippen LogP contribution in [0.2, 0.25) is 0 Å². The number of aromatic hydroxyl groups is 1. The lowest BCUT2D eigenvalue weighted by Gasteiger charge is -2.33. The van der Waals surface area contributed by atoms with Crippen molar-refractivity contribution >= 4 is 33.9 Å². The largest absolute Gasteiger partial charge is 0.507 e. The average molecular weight is 591 g/mol. The Morgan fingerprint density at radius 2 is 1.20 bits per heavy atom. The van der Waals surface area contributed by atoms with Gasteiger partial charge in [0, 0.05) is 11.5 Å². The second-order valence-electron chi connectivity index (χ2n) is 13.3. The van der Waals surface area contributed by atoms with Crippen molar-refractivity contribution in [3.63, 3.8) is 0 Å². The van der Waals surface area contributed by atoms with Gasteiger partial charge in [-0.3, -0.25) is 5.01 Å². The van der Waals surface area contributed by atoms with Gasteiger partial charge in [-0.2, -0.15) is 4.99 Å². The van der Waals surface area contributed by atoms with E-state index in [0.717, 1.165) is 38.5 Å². The number of amidine groups is 2. The molecule has 0 saturated carbocycles. The fourth-order valence-corrected chi connectivity index (χ4v) is 6.74. The van der Waals surface area contributed by atoms with Gasteiger partial charge < -0.3 is 5.11 Å². The Bertz CT molecular complexity index is 927. The third-order valence-electron chi connectivity index (χ3n) is 7.41. The first-order chi connectivity index (χ1) is 18.9. The molecule has 0 amide bonds. The van der Waals surface area contributed by atoms with Gasteiger partial charge in [0.1, 0.15) is 5.75 Å². The molecule has 1 aromatic carbocycles. The number of nitrogens with two attached hydrogens (primary N) is 1. The van der Waals surface area contributed by atoms with Crippen LogP contribution in [0.3, 0.4) is 0 Å². The maximum absolute atomic E-state index is 11.3. The van der Waals surface area contributed by atoms with Crippen molar-refractivity contribution in [2.24, 2.45) is 15.8 Å². The lowest BCUT2D eigenvalue weighted by atomic mass is 9.78. The van der Waals surface area contributed by atoms with E-state index < -0.39 is 0 Å². The standard InChI is InChI=1S/C33H58N4OS2/c1-9-11-13-15-17-19-21-39-30-35-29(37(34)31(36-30)40-22-20-18-16-14-12-10-2)25-23-26(32(3,4)5)28(38)27(24-25)33(6,7)8/h23-24,29,38H,9-22,34H2,1-8H3.